The van der Waals surface area contributed by atoms with Crippen molar-refractivity contribution in [1.29, 1.82) is 0 Å². The number of alkyl halides is 1. The molecule has 0 aromatic heterocycles. The van der Waals surface area contributed by atoms with E-state index in [2.05, 4.69) is 22.9 Å². The first kappa shape index (κ1) is 18.7. The molecule has 0 aromatic rings. The van der Waals surface area contributed by atoms with Gasteiger partial charge in [0.05, 0.1) is 5.41 Å². The van der Waals surface area contributed by atoms with E-state index in [-0.39, 0.29) is 17.5 Å². The maximum absolute atomic E-state index is 12.9. The minimum absolute atomic E-state index is 0.112. The van der Waals surface area contributed by atoms with Crippen molar-refractivity contribution in [3.8, 4) is 0 Å². The molecule has 3 heteroatoms. The van der Waals surface area contributed by atoms with E-state index in [1.54, 1.807) is 0 Å². The molecule has 0 aromatic carbocycles. The molecule has 4 saturated carbocycles. The fraction of sp³-hybridized carbons (Fsp3) is 0.952. The molecule has 2 bridgehead atoms. The van der Waals surface area contributed by atoms with Gasteiger partial charge in [0.1, 0.15) is 6.10 Å². The van der Waals surface area contributed by atoms with Crippen LogP contribution in [0.4, 0.5) is 0 Å². The highest BCUT2D eigenvalue weighted by Crippen LogP contribution is 2.59. The molecule has 0 N–H and O–H groups in total. The van der Waals surface area contributed by atoms with Gasteiger partial charge >= 0.3 is 5.97 Å². The summed E-state index contributed by atoms with van der Waals surface area (Å²) in [5, 5.41) is 1.09. The Morgan fingerprint density at radius 2 is 1.62 bits per heavy atom. The molecule has 0 heterocycles. The first-order valence-electron chi connectivity index (χ1n) is 10.4. The maximum Gasteiger partial charge on any atom is 0.312 e. The van der Waals surface area contributed by atoms with Crippen molar-refractivity contribution in [3.63, 3.8) is 0 Å². The molecule has 4 fully saturated rings. The van der Waals surface area contributed by atoms with Gasteiger partial charge in [0.15, 0.2) is 0 Å². The van der Waals surface area contributed by atoms with Gasteiger partial charge in [-0.05, 0) is 82.0 Å². The van der Waals surface area contributed by atoms with Gasteiger partial charge in [-0.25, -0.2) is 0 Å². The van der Waals surface area contributed by atoms with Gasteiger partial charge in [-0.15, -0.1) is 0 Å². The van der Waals surface area contributed by atoms with Gasteiger partial charge in [-0.1, -0.05) is 42.1 Å². The van der Waals surface area contributed by atoms with Gasteiger partial charge in [-0.3, -0.25) is 4.79 Å². The number of halogens is 1. The molecule has 24 heavy (non-hydrogen) atoms. The summed E-state index contributed by atoms with van der Waals surface area (Å²) in [6.45, 7) is 2.28. The van der Waals surface area contributed by atoms with E-state index in [1.165, 1.54) is 57.8 Å². The lowest BCUT2D eigenvalue weighted by atomic mass is 9.52. The Morgan fingerprint density at radius 3 is 2.17 bits per heavy atom. The topological polar surface area (TPSA) is 26.3 Å². The van der Waals surface area contributed by atoms with Crippen LogP contribution in [0.25, 0.3) is 0 Å². The fourth-order valence-corrected chi connectivity index (χ4v) is 6.02. The summed E-state index contributed by atoms with van der Waals surface area (Å²) >= 11 is 3.59. The zero-order valence-electron chi connectivity index (χ0n) is 15.5. The van der Waals surface area contributed by atoms with Gasteiger partial charge in [0.25, 0.3) is 0 Å². The van der Waals surface area contributed by atoms with Gasteiger partial charge < -0.3 is 4.74 Å². The third-order valence-corrected chi connectivity index (χ3v) is 8.35. The second-order valence-corrected chi connectivity index (χ2v) is 9.59. The van der Waals surface area contributed by atoms with E-state index in [9.17, 15) is 4.79 Å². The summed E-state index contributed by atoms with van der Waals surface area (Å²) < 4.78 is 6.02. The minimum Gasteiger partial charge on any atom is -0.462 e. The van der Waals surface area contributed by atoms with Gasteiger partial charge in [0, 0.05) is 5.33 Å². The number of carbonyl (C=O) groups excluding carboxylic acids is 1. The van der Waals surface area contributed by atoms with Crippen LogP contribution in [-0.4, -0.2) is 17.4 Å². The normalized spacial score (nSPS) is 38.9. The van der Waals surface area contributed by atoms with Crippen molar-refractivity contribution >= 4 is 21.9 Å². The molecule has 0 atom stereocenters. The number of ether oxygens (including phenoxy) is 1. The minimum atomic E-state index is -0.112. The molecule has 138 valence electrons. The van der Waals surface area contributed by atoms with Crippen LogP contribution < -0.4 is 0 Å². The first-order chi connectivity index (χ1) is 11.6. The number of unbranched alkanes of at least 4 members (excludes halogenated alkanes) is 2. The highest BCUT2D eigenvalue weighted by Gasteiger charge is 2.53. The first-order valence-corrected chi connectivity index (χ1v) is 11.5. The smallest absolute Gasteiger partial charge is 0.312 e. The number of hydrogen-bond acceptors (Lipinski definition) is 2. The number of hydrogen-bond donors (Lipinski definition) is 0. The third kappa shape index (κ3) is 4.02. The lowest BCUT2D eigenvalue weighted by Crippen LogP contribution is -2.47. The molecule has 4 aliphatic rings. The SMILES string of the molecule is CCCCCC12CCC(C(=O)OC3CCC(CBr)CC3)(CC1)CC2. The zero-order valence-corrected chi connectivity index (χ0v) is 17.0. The van der Waals surface area contributed by atoms with E-state index >= 15 is 0 Å². The average Bonchev–Trinajstić information content (AvgIpc) is 2.64. The van der Waals surface area contributed by atoms with Crippen LogP contribution in [-0.2, 0) is 9.53 Å². The number of fused-ring (bicyclic) bond motifs is 3. The molecule has 2 nitrogen and oxygen atoms in total. The van der Waals surface area contributed by atoms with E-state index in [4.69, 9.17) is 4.74 Å². The molecular weight excluding hydrogens is 364 g/mol. The highest BCUT2D eigenvalue weighted by molar-refractivity contribution is 9.09. The van der Waals surface area contributed by atoms with Gasteiger partial charge in [0.2, 0.25) is 0 Å². The van der Waals surface area contributed by atoms with Crippen molar-refractivity contribution in [2.75, 3.05) is 5.33 Å². The van der Waals surface area contributed by atoms with Crippen LogP contribution in [0.3, 0.4) is 0 Å². The van der Waals surface area contributed by atoms with Crippen molar-refractivity contribution in [3.05, 3.63) is 0 Å². The summed E-state index contributed by atoms with van der Waals surface area (Å²) in [4.78, 5) is 12.9. The monoisotopic (exact) mass is 398 g/mol. The predicted molar refractivity (Wildman–Crippen MR) is 102 cm³/mol. The quantitative estimate of drug-likeness (QED) is 0.281. The van der Waals surface area contributed by atoms with E-state index in [0.717, 1.165) is 43.4 Å². The Morgan fingerprint density at radius 1 is 1.00 bits per heavy atom. The number of esters is 1. The summed E-state index contributed by atoms with van der Waals surface area (Å²) in [7, 11) is 0. The average molecular weight is 399 g/mol. The number of carbonyl (C=O) groups is 1. The summed E-state index contributed by atoms with van der Waals surface area (Å²) in [6, 6.07) is 0. The summed E-state index contributed by atoms with van der Waals surface area (Å²) in [5.74, 6) is 0.942. The van der Waals surface area contributed by atoms with Crippen LogP contribution in [0.5, 0.6) is 0 Å². The molecule has 0 unspecified atom stereocenters. The largest absolute Gasteiger partial charge is 0.462 e. The predicted octanol–water partition coefficient (Wildman–Crippen LogP) is 6.40. The van der Waals surface area contributed by atoms with E-state index in [1.807, 2.05) is 0 Å². The number of rotatable bonds is 7. The Labute approximate surface area is 156 Å². The Bertz CT molecular complexity index is 401. The molecule has 0 aliphatic heterocycles. The molecular formula is C21H35BrO2. The molecule has 4 rings (SSSR count). The fourth-order valence-electron chi connectivity index (χ4n) is 5.37. The maximum atomic E-state index is 12.9. The summed E-state index contributed by atoms with van der Waals surface area (Å²) in [6.07, 6.45) is 17.3. The second-order valence-electron chi connectivity index (χ2n) is 8.94. The zero-order chi connectivity index (χ0) is 17.0. The lowest BCUT2D eigenvalue weighted by Gasteiger charge is -2.52. The van der Waals surface area contributed by atoms with Crippen molar-refractivity contribution in [2.24, 2.45) is 16.7 Å². The van der Waals surface area contributed by atoms with Crippen molar-refractivity contribution in [2.45, 2.75) is 103 Å². The van der Waals surface area contributed by atoms with Crippen molar-refractivity contribution in [1.82, 2.24) is 0 Å². The molecule has 0 saturated heterocycles. The Hall–Kier alpha value is -0.0500. The highest BCUT2D eigenvalue weighted by atomic mass is 79.9. The van der Waals surface area contributed by atoms with Crippen LogP contribution in [0, 0.1) is 16.7 Å². The van der Waals surface area contributed by atoms with Gasteiger partial charge in [-0.2, -0.15) is 0 Å². The van der Waals surface area contributed by atoms with Crippen LogP contribution >= 0.6 is 15.9 Å². The van der Waals surface area contributed by atoms with Crippen LogP contribution in [0.15, 0.2) is 0 Å². The molecule has 0 radical (unpaired) electrons. The van der Waals surface area contributed by atoms with Crippen LogP contribution in [0.1, 0.15) is 96.8 Å². The molecule has 4 aliphatic carbocycles. The lowest BCUT2D eigenvalue weighted by molar-refractivity contribution is -0.173. The standard InChI is InChI=1S/C21H35BrO2/c1-2-3-4-9-20-10-13-21(14-11-20,15-12-20)19(23)24-18-7-5-17(16-22)6-8-18/h17-18H,2-16H2,1H3. The second kappa shape index (κ2) is 8.10. The Balaban J connectivity index is 1.49. The summed E-state index contributed by atoms with van der Waals surface area (Å²) in [5.41, 5.74) is 0.462. The molecule has 0 spiro atoms. The van der Waals surface area contributed by atoms with E-state index < -0.39 is 0 Å². The van der Waals surface area contributed by atoms with Crippen LogP contribution in [0.2, 0.25) is 0 Å². The molecule has 0 amide bonds. The Kier molecular flexibility index (Phi) is 6.32. The van der Waals surface area contributed by atoms with Crippen molar-refractivity contribution < 1.29 is 9.53 Å². The third-order valence-electron chi connectivity index (χ3n) is 7.43. The van der Waals surface area contributed by atoms with E-state index in [0.29, 0.717) is 5.41 Å².